The van der Waals surface area contributed by atoms with E-state index in [1.165, 1.54) is 35.2 Å². The normalized spacial score (nSPS) is 18.0. The molecule has 0 aromatic carbocycles. The van der Waals surface area contributed by atoms with Gasteiger partial charge < -0.3 is 10.1 Å². The summed E-state index contributed by atoms with van der Waals surface area (Å²) in [5, 5.41) is 2.41. The summed E-state index contributed by atoms with van der Waals surface area (Å²) in [7, 11) is 1.52. The maximum absolute atomic E-state index is 11.8. The SMILES string of the molecule is CNC(=O)COC(=O)c1cc2c(s1)CCC(C)C2. The molecule has 0 aliphatic heterocycles. The average molecular weight is 267 g/mol. The van der Waals surface area contributed by atoms with Crippen molar-refractivity contribution in [3.63, 3.8) is 0 Å². The van der Waals surface area contributed by atoms with Crippen LogP contribution in [-0.4, -0.2) is 25.5 Å². The highest BCUT2D eigenvalue weighted by Crippen LogP contribution is 2.32. The van der Waals surface area contributed by atoms with E-state index in [-0.39, 0.29) is 12.5 Å². The third-order valence-electron chi connectivity index (χ3n) is 3.14. The molecule has 1 aromatic heterocycles. The summed E-state index contributed by atoms with van der Waals surface area (Å²) in [4.78, 5) is 24.7. The number of amides is 1. The number of hydrogen-bond donors (Lipinski definition) is 1. The number of thiophene rings is 1. The van der Waals surface area contributed by atoms with Gasteiger partial charge in [0.1, 0.15) is 4.88 Å². The molecule has 1 aliphatic carbocycles. The van der Waals surface area contributed by atoms with Crippen LogP contribution < -0.4 is 5.32 Å². The van der Waals surface area contributed by atoms with Crippen LogP contribution in [0.2, 0.25) is 0 Å². The third kappa shape index (κ3) is 2.90. The lowest BCUT2D eigenvalue weighted by atomic mass is 9.90. The second-order valence-corrected chi connectivity index (χ2v) is 5.79. The smallest absolute Gasteiger partial charge is 0.348 e. The van der Waals surface area contributed by atoms with Gasteiger partial charge >= 0.3 is 5.97 Å². The van der Waals surface area contributed by atoms with Gasteiger partial charge in [-0.25, -0.2) is 4.79 Å². The van der Waals surface area contributed by atoms with Crippen molar-refractivity contribution in [1.82, 2.24) is 5.32 Å². The first-order chi connectivity index (χ1) is 8.60. The number of carbonyl (C=O) groups is 2. The molecule has 0 spiro atoms. The van der Waals surface area contributed by atoms with Crippen LogP contribution >= 0.6 is 11.3 Å². The fourth-order valence-electron chi connectivity index (χ4n) is 2.08. The van der Waals surface area contributed by atoms with Gasteiger partial charge in [0.25, 0.3) is 5.91 Å². The molecule has 1 amide bonds. The van der Waals surface area contributed by atoms with Gasteiger partial charge in [0, 0.05) is 11.9 Å². The molecule has 0 saturated heterocycles. The molecular formula is C13H17NO3S. The molecular weight excluding hydrogens is 250 g/mol. The monoisotopic (exact) mass is 267 g/mol. The average Bonchev–Trinajstić information content (AvgIpc) is 2.78. The van der Waals surface area contributed by atoms with Crippen LogP contribution in [0.3, 0.4) is 0 Å². The number of hydrogen-bond acceptors (Lipinski definition) is 4. The van der Waals surface area contributed by atoms with E-state index >= 15 is 0 Å². The molecule has 1 N–H and O–H groups in total. The van der Waals surface area contributed by atoms with Crippen LogP contribution in [0.4, 0.5) is 0 Å². The van der Waals surface area contributed by atoms with Crippen LogP contribution in [0.15, 0.2) is 6.07 Å². The van der Waals surface area contributed by atoms with Crippen LogP contribution in [0.5, 0.6) is 0 Å². The fourth-order valence-corrected chi connectivity index (χ4v) is 3.18. The minimum Gasteiger partial charge on any atom is -0.451 e. The highest BCUT2D eigenvalue weighted by Gasteiger charge is 2.21. The predicted molar refractivity (Wildman–Crippen MR) is 69.9 cm³/mol. The lowest BCUT2D eigenvalue weighted by molar-refractivity contribution is -0.123. The molecule has 1 unspecified atom stereocenters. The van der Waals surface area contributed by atoms with Gasteiger partial charge in [-0.15, -0.1) is 11.3 Å². The zero-order valence-corrected chi connectivity index (χ0v) is 11.4. The maximum Gasteiger partial charge on any atom is 0.348 e. The van der Waals surface area contributed by atoms with Crippen LogP contribution in [0.25, 0.3) is 0 Å². The molecule has 1 aliphatic rings. The molecule has 0 radical (unpaired) electrons. The number of ether oxygens (including phenoxy) is 1. The summed E-state index contributed by atoms with van der Waals surface area (Å²) in [5.74, 6) is -0.00853. The van der Waals surface area contributed by atoms with Gasteiger partial charge in [0.2, 0.25) is 0 Å². The van der Waals surface area contributed by atoms with E-state index in [9.17, 15) is 9.59 Å². The second-order valence-electron chi connectivity index (χ2n) is 4.66. The Balaban J connectivity index is 2.01. The van der Waals surface area contributed by atoms with Crippen molar-refractivity contribution in [2.45, 2.75) is 26.2 Å². The molecule has 1 aromatic rings. The Hall–Kier alpha value is -1.36. The first kappa shape index (κ1) is 13.1. The summed E-state index contributed by atoms with van der Waals surface area (Å²) in [6.07, 6.45) is 3.26. The largest absolute Gasteiger partial charge is 0.451 e. The number of carbonyl (C=O) groups excluding carboxylic acids is 2. The number of aryl methyl sites for hydroxylation is 1. The first-order valence-corrected chi connectivity index (χ1v) is 6.91. The lowest BCUT2D eigenvalue weighted by Crippen LogP contribution is -2.24. The van der Waals surface area contributed by atoms with E-state index in [1.54, 1.807) is 0 Å². The Morgan fingerprint density at radius 2 is 2.33 bits per heavy atom. The highest BCUT2D eigenvalue weighted by atomic mass is 32.1. The van der Waals surface area contributed by atoms with E-state index in [1.807, 2.05) is 6.07 Å². The number of nitrogens with one attached hydrogen (secondary N) is 1. The van der Waals surface area contributed by atoms with Crippen LogP contribution in [0.1, 0.15) is 33.5 Å². The zero-order valence-electron chi connectivity index (χ0n) is 10.6. The van der Waals surface area contributed by atoms with Crippen molar-refractivity contribution in [3.05, 3.63) is 21.4 Å². The van der Waals surface area contributed by atoms with E-state index in [0.717, 1.165) is 12.8 Å². The minimum absolute atomic E-state index is 0.214. The maximum atomic E-state index is 11.8. The number of esters is 1. The Labute approximate surface area is 110 Å². The quantitative estimate of drug-likeness (QED) is 0.849. The number of fused-ring (bicyclic) bond motifs is 1. The zero-order chi connectivity index (χ0) is 13.1. The van der Waals surface area contributed by atoms with E-state index in [4.69, 9.17) is 4.74 Å². The highest BCUT2D eigenvalue weighted by molar-refractivity contribution is 7.14. The fraction of sp³-hybridized carbons (Fsp3) is 0.538. The van der Waals surface area contributed by atoms with Crippen LogP contribution in [0, 0.1) is 5.92 Å². The number of likely N-dealkylation sites (N-methyl/N-ethyl adjacent to an activating group) is 1. The van der Waals surface area contributed by atoms with Gasteiger partial charge in [-0.1, -0.05) is 6.92 Å². The molecule has 1 atom stereocenters. The Kier molecular flexibility index (Phi) is 4.01. The van der Waals surface area contributed by atoms with Gasteiger partial charge in [-0.2, -0.15) is 0 Å². The van der Waals surface area contributed by atoms with Crippen molar-refractivity contribution < 1.29 is 14.3 Å². The molecule has 1 heterocycles. The van der Waals surface area contributed by atoms with Crippen molar-refractivity contribution in [2.24, 2.45) is 5.92 Å². The molecule has 0 bridgehead atoms. The van der Waals surface area contributed by atoms with Crippen LogP contribution in [-0.2, 0) is 22.4 Å². The van der Waals surface area contributed by atoms with Crippen molar-refractivity contribution in [3.8, 4) is 0 Å². The summed E-state index contributed by atoms with van der Waals surface area (Å²) < 4.78 is 4.94. The predicted octanol–water partition coefficient (Wildman–Crippen LogP) is 1.78. The van der Waals surface area contributed by atoms with Gasteiger partial charge in [-0.3, -0.25) is 4.79 Å². The number of rotatable bonds is 3. The van der Waals surface area contributed by atoms with Crippen molar-refractivity contribution >= 4 is 23.2 Å². The van der Waals surface area contributed by atoms with Crippen molar-refractivity contribution in [2.75, 3.05) is 13.7 Å². The molecule has 98 valence electrons. The Morgan fingerprint density at radius 1 is 1.56 bits per heavy atom. The van der Waals surface area contributed by atoms with Gasteiger partial charge in [0.05, 0.1) is 0 Å². The topological polar surface area (TPSA) is 55.4 Å². The first-order valence-electron chi connectivity index (χ1n) is 6.09. The molecule has 4 nitrogen and oxygen atoms in total. The van der Waals surface area contributed by atoms with Gasteiger partial charge in [-0.05, 0) is 36.8 Å². The molecule has 18 heavy (non-hydrogen) atoms. The Morgan fingerprint density at radius 3 is 3.06 bits per heavy atom. The van der Waals surface area contributed by atoms with Crippen molar-refractivity contribution in [1.29, 1.82) is 0 Å². The van der Waals surface area contributed by atoms with E-state index in [0.29, 0.717) is 10.8 Å². The summed E-state index contributed by atoms with van der Waals surface area (Å²) in [6.45, 7) is 2.01. The summed E-state index contributed by atoms with van der Waals surface area (Å²) in [6, 6.07) is 1.92. The minimum atomic E-state index is -0.398. The standard InChI is InChI=1S/C13H17NO3S/c1-8-3-4-10-9(5-8)6-11(18-10)13(16)17-7-12(15)14-2/h6,8H,3-5,7H2,1-2H3,(H,14,15). The van der Waals surface area contributed by atoms with E-state index in [2.05, 4.69) is 12.2 Å². The lowest BCUT2D eigenvalue weighted by Gasteiger charge is -2.16. The molecule has 0 saturated carbocycles. The van der Waals surface area contributed by atoms with E-state index < -0.39 is 5.97 Å². The van der Waals surface area contributed by atoms with Gasteiger partial charge in [0.15, 0.2) is 6.61 Å². The summed E-state index contributed by atoms with van der Waals surface area (Å²) in [5.41, 5.74) is 1.27. The Bertz CT molecular complexity index is 467. The molecule has 0 fully saturated rings. The summed E-state index contributed by atoms with van der Waals surface area (Å²) >= 11 is 1.50. The molecule has 5 heteroatoms. The third-order valence-corrected chi connectivity index (χ3v) is 4.36. The molecule has 2 rings (SSSR count). The second kappa shape index (κ2) is 5.52.